The Labute approximate surface area is 155 Å². The molecule has 1 heterocycles. The largest absolute Gasteiger partial charge is 0.316 e. The Morgan fingerprint density at radius 2 is 1.58 bits per heavy atom. The number of sulfone groups is 1. The molecule has 6 heteroatoms. The van der Waals surface area contributed by atoms with Crippen LogP contribution >= 0.6 is 0 Å². The molecular weight excluding hydrogens is 348 g/mol. The number of hydrogen-bond donors (Lipinski definition) is 0. The molecule has 1 amide bonds. The summed E-state index contributed by atoms with van der Waals surface area (Å²) in [5.41, 5.74) is 1.05. The highest BCUT2D eigenvalue weighted by atomic mass is 32.2. The standard InChI is InChI=1S/C20H24N2O3S/c1-3-21(4-2)14-15-22-19(23)17-12-8-9-13-18(17)20(22)26(24,25)16-10-6-5-7-11-16/h5-13,20H,3-4,14-15H2,1-2H3. The predicted octanol–water partition coefficient (Wildman–Crippen LogP) is 2.96. The Kier molecular flexibility index (Phi) is 5.44. The SMILES string of the molecule is CCN(CC)CCN1C(=O)c2ccccc2C1S(=O)(=O)c1ccccc1. The Hall–Kier alpha value is -2.18. The molecule has 3 rings (SSSR count). The second-order valence-electron chi connectivity index (χ2n) is 6.32. The van der Waals surface area contributed by atoms with Crippen molar-refractivity contribution < 1.29 is 13.2 Å². The number of hydrogen-bond acceptors (Lipinski definition) is 4. The van der Waals surface area contributed by atoms with Gasteiger partial charge in [0.2, 0.25) is 9.84 Å². The number of fused-ring (bicyclic) bond motifs is 1. The van der Waals surface area contributed by atoms with E-state index in [1.165, 1.54) is 4.90 Å². The van der Waals surface area contributed by atoms with Gasteiger partial charge in [0.05, 0.1) is 4.90 Å². The van der Waals surface area contributed by atoms with E-state index in [-0.39, 0.29) is 10.8 Å². The zero-order valence-electron chi connectivity index (χ0n) is 15.1. The molecule has 2 aromatic rings. The van der Waals surface area contributed by atoms with E-state index in [4.69, 9.17) is 0 Å². The fourth-order valence-corrected chi connectivity index (χ4v) is 5.29. The summed E-state index contributed by atoms with van der Waals surface area (Å²) in [6, 6.07) is 15.4. The molecule has 1 aliphatic heterocycles. The van der Waals surface area contributed by atoms with Crippen LogP contribution in [0, 0.1) is 0 Å². The van der Waals surface area contributed by atoms with Crippen LogP contribution in [-0.2, 0) is 9.84 Å². The number of nitrogens with zero attached hydrogens (tertiary/aromatic N) is 2. The molecule has 0 aromatic heterocycles. The van der Waals surface area contributed by atoms with E-state index in [0.717, 1.165) is 13.1 Å². The molecule has 1 aliphatic rings. The van der Waals surface area contributed by atoms with Gasteiger partial charge in [0.1, 0.15) is 0 Å². The van der Waals surface area contributed by atoms with Crippen molar-refractivity contribution in [3.8, 4) is 0 Å². The molecule has 26 heavy (non-hydrogen) atoms. The molecule has 0 saturated carbocycles. The molecule has 0 N–H and O–H groups in total. The van der Waals surface area contributed by atoms with Crippen LogP contribution in [0.3, 0.4) is 0 Å². The van der Waals surface area contributed by atoms with E-state index in [9.17, 15) is 13.2 Å². The number of carbonyl (C=O) groups excluding carboxylic acids is 1. The summed E-state index contributed by atoms with van der Waals surface area (Å²) in [5.74, 6) is -0.211. The van der Waals surface area contributed by atoms with Crippen molar-refractivity contribution in [1.29, 1.82) is 0 Å². The van der Waals surface area contributed by atoms with Crippen LogP contribution in [0.1, 0.15) is 35.1 Å². The molecule has 0 spiro atoms. The fraction of sp³-hybridized carbons (Fsp3) is 0.350. The molecule has 138 valence electrons. The van der Waals surface area contributed by atoms with E-state index in [2.05, 4.69) is 18.7 Å². The number of benzene rings is 2. The van der Waals surface area contributed by atoms with E-state index < -0.39 is 15.2 Å². The average Bonchev–Trinajstić information content (AvgIpc) is 2.96. The molecule has 1 unspecified atom stereocenters. The third kappa shape index (κ3) is 3.27. The lowest BCUT2D eigenvalue weighted by molar-refractivity contribution is 0.0749. The molecule has 0 bridgehead atoms. The van der Waals surface area contributed by atoms with E-state index in [1.807, 2.05) is 0 Å². The average molecular weight is 372 g/mol. The van der Waals surface area contributed by atoms with Gasteiger partial charge in [-0.25, -0.2) is 8.42 Å². The molecule has 2 aromatic carbocycles. The van der Waals surface area contributed by atoms with E-state index in [0.29, 0.717) is 24.2 Å². The topological polar surface area (TPSA) is 57.7 Å². The Bertz CT molecular complexity index is 877. The van der Waals surface area contributed by atoms with Gasteiger partial charge in [-0.15, -0.1) is 0 Å². The highest BCUT2D eigenvalue weighted by Crippen LogP contribution is 2.40. The summed E-state index contributed by atoms with van der Waals surface area (Å²) < 4.78 is 26.7. The Morgan fingerprint density at radius 1 is 0.962 bits per heavy atom. The zero-order valence-corrected chi connectivity index (χ0v) is 15.9. The summed E-state index contributed by atoms with van der Waals surface area (Å²) >= 11 is 0. The minimum absolute atomic E-state index is 0.211. The lowest BCUT2D eigenvalue weighted by Gasteiger charge is -2.28. The third-order valence-corrected chi connectivity index (χ3v) is 6.94. The lowest BCUT2D eigenvalue weighted by Crippen LogP contribution is -2.39. The van der Waals surface area contributed by atoms with Gasteiger partial charge in [-0.3, -0.25) is 4.79 Å². The van der Waals surface area contributed by atoms with Crippen molar-refractivity contribution in [2.45, 2.75) is 24.1 Å². The summed E-state index contributed by atoms with van der Waals surface area (Å²) in [5, 5.41) is -0.968. The Balaban J connectivity index is 2.02. The summed E-state index contributed by atoms with van der Waals surface area (Å²) in [6.45, 7) is 6.87. The van der Waals surface area contributed by atoms with Gasteiger partial charge in [0.25, 0.3) is 5.91 Å². The van der Waals surface area contributed by atoms with Gasteiger partial charge in [0, 0.05) is 24.2 Å². The molecule has 1 atom stereocenters. The molecule has 0 radical (unpaired) electrons. The number of likely N-dealkylation sites (N-methyl/N-ethyl adjacent to an activating group) is 1. The maximum atomic E-state index is 13.3. The minimum atomic E-state index is -3.71. The van der Waals surface area contributed by atoms with Crippen LogP contribution in [0.5, 0.6) is 0 Å². The monoisotopic (exact) mass is 372 g/mol. The van der Waals surface area contributed by atoms with Crippen molar-refractivity contribution in [3.63, 3.8) is 0 Å². The van der Waals surface area contributed by atoms with Crippen molar-refractivity contribution >= 4 is 15.7 Å². The van der Waals surface area contributed by atoms with Gasteiger partial charge in [-0.2, -0.15) is 0 Å². The molecule has 0 aliphatic carbocycles. The lowest BCUT2D eigenvalue weighted by atomic mass is 10.1. The minimum Gasteiger partial charge on any atom is -0.316 e. The number of carbonyl (C=O) groups is 1. The molecule has 0 saturated heterocycles. The fourth-order valence-electron chi connectivity index (χ4n) is 3.42. The molecule has 5 nitrogen and oxygen atoms in total. The number of amides is 1. The van der Waals surface area contributed by atoms with E-state index >= 15 is 0 Å². The van der Waals surface area contributed by atoms with Gasteiger partial charge in [0.15, 0.2) is 5.37 Å². The highest BCUT2D eigenvalue weighted by molar-refractivity contribution is 7.91. The van der Waals surface area contributed by atoms with Crippen LogP contribution in [-0.4, -0.2) is 50.3 Å². The highest BCUT2D eigenvalue weighted by Gasteiger charge is 2.44. The third-order valence-electron chi connectivity index (χ3n) is 4.92. The van der Waals surface area contributed by atoms with Crippen LogP contribution in [0.2, 0.25) is 0 Å². The van der Waals surface area contributed by atoms with Crippen molar-refractivity contribution in [1.82, 2.24) is 9.80 Å². The smallest absolute Gasteiger partial charge is 0.255 e. The van der Waals surface area contributed by atoms with Crippen LogP contribution in [0.15, 0.2) is 59.5 Å². The van der Waals surface area contributed by atoms with Crippen molar-refractivity contribution in [2.24, 2.45) is 0 Å². The maximum absolute atomic E-state index is 13.3. The quantitative estimate of drug-likeness (QED) is 0.750. The van der Waals surface area contributed by atoms with Gasteiger partial charge in [-0.05, 0) is 31.3 Å². The van der Waals surface area contributed by atoms with Crippen LogP contribution < -0.4 is 0 Å². The van der Waals surface area contributed by atoms with Crippen molar-refractivity contribution in [2.75, 3.05) is 26.2 Å². The summed E-state index contributed by atoms with van der Waals surface area (Å²) in [6.07, 6.45) is 0. The molecule has 0 fully saturated rings. The van der Waals surface area contributed by atoms with E-state index in [1.54, 1.807) is 54.6 Å². The zero-order chi connectivity index (χ0) is 18.7. The molecular formula is C20H24N2O3S. The predicted molar refractivity (Wildman–Crippen MR) is 102 cm³/mol. The number of rotatable bonds is 7. The second kappa shape index (κ2) is 7.60. The maximum Gasteiger partial charge on any atom is 0.255 e. The first-order valence-corrected chi connectivity index (χ1v) is 10.5. The van der Waals surface area contributed by atoms with Gasteiger partial charge in [-0.1, -0.05) is 50.2 Å². The van der Waals surface area contributed by atoms with Crippen molar-refractivity contribution in [3.05, 3.63) is 65.7 Å². The first-order valence-electron chi connectivity index (χ1n) is 8.91. The van der Waals surface area contributed by atoms with Crippen LogP contribution in [0.4, 0.5) is 0 Å². The summed E-state index contributed by atoms with van der Waals surface area (Å²) in [4.78, 5) is 16.8. The normalized spacial score (nSPS) is 17.0. The second-order valence-corrected chi connectivity index (χ2v) is 8.33. The van der Waals surface area contributed by atoms with Gasteiger partial charge < -0.3 is 9.80 Å². The first kappa shape index (κ1) is 18.6. The Morgan fingerprint density at radius 3 is 2.23 bits per heavy atom. The first-order chi connectivity index (χ1) is 12.5. The van der Waals surface area contributed by atoms with Crippen LogP contribution in [0.25, 0.3) is 0 Å². The van der Waals surface area contributed by atoms with Gasteiger partial charge >= 0.3 is 0 Å². The summed E-state index contributed by atoms with van der Waals surface area (Å²) in [7, 11) is -3.71.